The van der Waals surface area contributed by atoms with Gasteiger partial charge in [0.1, 0.15) is 6.04 Å². The van der Waals surface area contributed by atoms with E-state index in [0.717, 1.165) is 34.2 Å². The van der Waals surface area contributed by atoms with Crippen molar-refractivity contribution < 1.29 is 33.3 Å². The van der Waals surface area contributed by atoms with Gasteiger partial charge in [-0.25, -0.2) is 0 Å². The highest BCUT2D eigenvalue weighted by molar-refractivity contribution is 5.86. The number of carbonyl (C=O) groups excluding carboxylic acids is 2. The zero-order valence-corrected chi connectivity index (χ0v) is 29.7. The van der Waals surface area contributed by atoms with Crippen LogP contribution in [0.15, 0.2) is 41.2 Å². The monoisotopic (exact) mass is 673 g/mol. The zero-order valence-electron chi connectivity index (χ0n) is 29.7. The van der Waals surface area contributed by atoms with Crippen LogP contribution in [0.1, 0.15) is 61.9 Å². The van der Waals surface area contributed by atoms with Gasteiger partial charge in [0.05, 0.1) is 47.3 Å². The average molecular weight is 674 g/mol. The van der Waals surface area contributed by atoms with Crippen LogP contribution in [0, 0.1) is 5.92 Å². The van der Waals surface area contributed by atoms with Crippen LogP contribution in [0.3, 0.4) is 0 Å². The fraction of sp³-hybridized carbons (Fsp3) is 0.447. The molecule has 1 heterocycles. The minimum absolute atomic E-state index is 0.0771. The van der Waals surface area contributed by atoms with Crippen molar-refractivity contribution in [2.45, 2.75) is 65.1 Å². The van der Waals surface area contributed by atoms with Gasteiger partial charge in [-0.2, -0.15) is 0 Å². The second kappa shape index (κ2) is 15.1. The lowest BCUT2D eigenvalue weighted by Crippen LogP contribution is -2.48. The summed E-state index contributed by atoms with van der Waals surface area (Å²) in [6.45, 7) is 6.47. The summed E-state index contributed by atoms with van der Waals surface area (Å²) in [5, 5.41) is 6.40. The van der Waals surface area contributed by atoms with Gasteiger partial charge >= 0.3 is 0 Å². The third-order valence-electron chi connectivity index (χ3n) is 9.74. The van der Waals surface area contributed by atoms with Crippen LogP contribution < -0.4 is 39.7 Å². The number of nitrogens with zero attached hydrogens (tertiary/aromatic N) is 1. The Hall–Kier alpha value is -4.93. The number of anilines is 1. The number of ether oxygens (including phenoxy) is 5. The molecule has 2 amide bonds. The quantitative estimate of drug-likeness (QED) is 0.279. The number of rotatable bonds is 11. The molecule has 3 atom stereocenters. The van der Waals surface area contributed by atoms with Crippen molar-refractivity contribution in [3.8, 4) is 39.9 Å². The van der Waals surface area contributed by atoms with E-state index in [4.69, 9.17) is 23.7 Å². The molecular formula is C38H47N3O8. The Labute approximate surface area is 287 Å². The number of methoxy groups -OCH3 is 5. The molecule has 0 unspecified atom stereocenters. The third-order valence-corrected chi connectivity index (χ3v) is 9.74. The van der Waals surface area contributed by atoms with Crippen molar-refractivity contribution in [3.63, 3.8) is 0 Å². The molecule has 5 rings (SSSR count). The van der Waals surface area contributed by atoms with Gasteiger partial charge in [-0.15, -0.1) is 0 Å². The fourth-order valence-corrected chi connectivity index (χ4v) is 6.95. The van der Waals surface area contributed by atoms with Crippen molar-refractivity contribution in [2.24, 2.45) is 5.92 Å². The molecule has 11 heteroatoms. The second-order valence-corrected chi connectivity index (χ2v) is 12.6. The Morgan fingerprint density at radius 1 is 0.857 bits per heavy atom. The molecule has 1 aliphatic heterocycles. The summed E-state index contributed by atoms with van der Waals surface area (Å²) in [6, 6.07) is 9.89. The zero-order chi connectivity index (χ0) is 35.4. The van der Waals surface area contributed by atoms with Crippen molar-refractivity contribution in [3.05, 3.63) is 68.9 Å². The highest BCUT2D eigenvalue weighted by Gasteiger charge is 2.33. The van der Waals surface area contributed by atoms with E-state index in [-0.39, 0.29) is 28.8 Å². The molecule has 0 aromatic heterocycles. The number of amides is 2. The normalized spacial score (nSPS) is 16.1. The van der Waals surface area contributed by atoms with Gasteiger partial charge in [-0.05, 0) is 83.3 Å². The van der Waals surface area contributed by atoms with Crippen molar-refractivity contribution in [1.29, 1.82) is 0 Å². The highest BCUT2D eigenvalue weighted by atomic mass is 16.5. The molecule has 262 valence electrons. The van der Waals surface area contributed by atoms with Crippen molar-refractivity contribution in [1.82, 2.24) is 10.2 Å². The molecule has 0 spiro atoms. The third kappa shape index (κ3) is 6.97. The molecule has 3 aromatic carbocycles. The predicted octanol–water partition coefficient (Wildman–Crippen LogP) is 5.29. The smallest absolute Gasteiger partial charge is 0.245 e. The molecule has 0 fully saturated rings. The molecule has 3 aromatic rings. The summed E-state index contributed by atoms with van der Waals surface area (Å²) < 4.78 is 28.3. The van der Waals surface area contributed by atoms with Gasteiger partial charge in [0.2, 0.25) is 23.0 Å². The molecule has 2 N–H and O–H groups in total. The average Bonchev–Trinajstić information content (AvgIpc) is 3.35. The van der Waals surface area contributed by atoms with E-state index in [2.05, 4.69) is 10.6 Å². The molecule has 11 nitrogen and oxygen atoms in total. The minimum atomic E-state index is -0.654. The SMILES string of the molecule is CC[C@H](C)[C@@H](Nc1ccc2c(cc1=O)[C@H](NC(C)=O)CCc1cc(OC)c(OC)c(OC)c1-2)C(=O)N1CCc2cc(OC)c(OC)cc2C1. The van der Waals surface area contributed by atoms with E-state index in [9.17, 15) is 14.4 Å². The first-order valence-electron chi connectivity index (χ1n) is 16.7. The number of fused-ring (bicyclic) bond motifs is 4. The van der Waals surface area contributed by atoms with Crippen molar-refractivity contribution in [2.75, 3.05) is 47.4 Å². The lowest BCUT2D eigenvalue weighted by atomic mass is 9.94. The first kappa shape index (κ1) is 35.4. The second-order valence-electron chi connectivity index (χ2n) is 12.6. The van der Waals surface area contributed by atoms with Crippen LogP contribution >= 0.6 is 0 Å². The van der Waals surface area contributed by atoms with E-state index in [1.807, 2.05) is 43.0 Å². The van der Waals surface area contributed by atoms with Gasteiger partial charge in [-0.3, -0.25) is 14.4 Å². The number of benzene rings is 2. The summed E-state index contributed by atoms with van der Waals surface area (Å²) in [6.07, 6.45) is 2.54. The van der Waals surface area contributed by atoms with Gasteiger partial charge in [0.25, 0.3) is 0 Å². The number of hydrogen-bond acceptors (Lipinski definition) is 9. The Morgan fingerprint density at radius 3 is 2.12 bits per heavy atom. The molecule has 0 radical (unpaired) electrons. The maximum absolute atomic E-state index is 14.2. The van der Waals surface area contributed by atoms with E-state index < -0.39 is 12.1 Å². The predicted molar refractivity (Wildman–Crippen MR) is 188 cm³/mol. The topological polar surface area (TPSA) is 125 Å². The molecule has 0 saturated carbocycles. The summed E-state index contributed by atoms with van der Waals surface area (Å²) >= 11 is 0. The molecule has 2 aliphatic rings. The Kier molecular flexibility index (Phi) is 10.9. The van der Waals surface area contributed by atoms with E-state index in [1.54, 1.807) is 47.7 Å². The van der Waals surface area contributed by atoms with E-state index >= 15 is 0 Å². The number of nitrogens with one attached hydrogen (secondary N) is 2. The number of aryl methyl sites for hydroxylation is 1. The largest absolute Gasteiger partial charge is 0.493 e. The summed E-state index contributed by atoms with van der Waals surface area (Å²) in [5.74, 6) is 2.35. The van der Waals surface area contributed by atoms with Crippen LogP contribution in [0.5, 0.6) is 28.7 Å². The highest BCUT2D eigenvalue weighted by Crippen LogP contribution is 2.50. The molecule has 0 bridgehead atoms. The van der Waals surface area contributed by atoms with Crippen LogP contribution in [0.4, 0.5) is 5.69 Å². The van der Waals surface area contributed by atoms with Gasteiger partial charge in [0.15, 0.2) is 23.0 Å². The maximum atomic E-state index is 14.2. The number of hydrogen-bond donors (Lipinski definition) is 2. The molecular weight excluding hydrogens is 626 g/mol. The summed E-state index contributed by atoms with van der Waals surface area (Å²) in [5.41, 5.74) is 5.19. The standard InChI is InChI=1S/C38H47N3O8/c1-9-21(2)35(38(44)41-15-14-23-16-31(45-4)32(46-5)18-25(23)20-41)40-29-13-11-26-27(19-30(29)43)28(39-22(3)42)12-10-24-17-33(47-6)36(48-7)37(49-8)34(24)26/h11,13,16-19,21,28,35H,9-10,12,14-15,20H2,1-8H3,(H,39,42)(H,40,43)/t21-,28+,35+/m0/s1. The summed E-state index contributed by atoms with van der Waals surface area (Å²) in [4.78, 5) is 42.5. The number of carbonyl (C=O) groups is 2. The molecule has 49 heavy (non-hydrogen) atoms. The summed E-state index contributed by atoms with van der Waals surface area (Å²) in [7, 11) is 7.89. The minimum Gasteiger partial charge on any atom is -0.493 e. The van der Waals surface area contributed by atoms with Gasteiger partial charge < -0.3 is 39.2 Å². The first-order chi connectivity index (χ1) is 23.6. The van der Waals surface area contributed by atoms with Gasteiger partial charge in [-0.1, -0.05) is 26.3 Å². The fourth-order valence-electron chi connectivity index (χ4n) is 6.95. The molecule has 1 aliphatic carbocycles. The van der Waals surface area contributed by atoms with Crippen molar-refractivity contribution >= 4 is 17.5 Å². The van der Waals surface area contributed by atoms with Gasteiger partial charge in [0, 0.05) is 25.6 Å². The van der Waals surface area contributed by atoms with E-state index in [1.165, 1.54) is 6.92 Å². The van der Waals surface area contributed by atoms with E-state index in [0.29, 0.717) is 66.7 Å². The Morgan fingerprint density at radius 2 is 1.51 bits per heavy atom. The first-order valence-corrected chi connectivity index (χ1v) is 16.7. The lowest BCUT2D eigenvalue weighted by molar-refractivity contribution is -0.134. The molecule has 0 saturated heterocycles. The Balaban J connectivity index is 1.57. The van der Waals surface area contributed by atoms with Crippen LogP contribution in [-0.2, 0) is 29.0 Å². The van der Waals surface area contributed by atoms with Crippen LogP contribution in [0.2, 0.25) is 0 Å². The lowest BCUT2D eigenvalue weighted by Gasteiger charge is -2.34. The van der Waals surface area contributed by atoms with Crippen LogP contribution in [0.25, 0.3) is 11.1 Å². The maximum Gasteiger partial charge on any atom is 0.245 e. The Bertz CT molecular complexity index is 1790. The van der Waals surface area contributed by atoms with Crippen LogP contribution in [-0.4, -0.2) is 64.8 Å².